The molecular formula is C20H27N3O2S. The summed E-state index contributed by atoms with van der Waals surface area (Å²) in [7, 11) is 0.264. The van der Waals surface area contributed by atoms with E-state index in [-0.39, 0.29) is 0 Å². The molecule has 0 amide bonds. The van der Waals surface area contributed by atoms with Crippen LogP contribution in [-0.4, -0.2) is 62.8 Å². The number of hydrogen-bond donors (Lipinski definition) is 0. The molecule has 0 aromatic heterocycles. The van der Waals surface area contributed by atoms with Crippen molar-refractivity contribution >= 4 is 10.0 Å². The van der Waals surface area contributed by atoms with Gasteiger partial charge in [-0.15, -0.1) is 0 Å². The van der Waals surface area contributed by atoms with Crippen LogP contribution in [0.1, 0.15) is 11.1 Å². The molecule has 5 nitrogen and oxygen atoms in total. The first kappa shape index (κ1) is 19.0. The molecule has 0 unspecified atom stereocenters. The van der Waals surface area contributed by atoms with Crippen molar-refractivity contribution in [2.45, 2.75) is 18.0 Å². The molecule has 140 valence electrons. The van der Waals surface area contributed by atoms with Gasteiger partial charge in [0.2, 0.25) is 10.0 Å². The van der Waals surface area contributed by atoms with Crippen molar-refractivity contribution in [3.05, 3.63) is 65.7 Å². The molecule has 3 rings (SSSR count). The van der Waals surface area contributed by atoms with Gasteiger partial charge in [0.1, 0.15) is 0 Å². The quantitative estimate of drug-likeness (QED) is 0.779. The lowest BCUT2D eigenvalue weighted by molar-refractivity contribution is 0.148. The molecule has 1 aliphatic rings. The summed E-state index contributed by atoms with van der Waals surface area (Å²) in [6, 6.07) is 17.0. The van der Waals surface area contributed by atoms with E-state index in [4.69, 9.17) is 0 Å². The summed E-state index contributed by atoms with van der Waals surface area (Å²) in [5.41, 5.74) is 2.02. The molecule has 0 saturated carbocycles. The Bertz CT molecular complexity index is 816. The summed E-state index contributed by atoms with van der Waals surface area (Å²) < 4.78 is 27.3. The summed E-state index contributed by atoms with van der Waals surface area (Å²) in [5.74, 6) is 0. The molecule has 0 bridgehead atoms. The minimum Gasteiger partial charge on any atom is -0.304 e. The first-order chi connectivity index (χ1) is 12.4. The van der Waals surface area contributed by atoms with Crippen LogP contribution in [-0.2, 0) is 23.1 Å². The summed E-state index contributed by atoms with van der Waals surface area (Å²) >= 11 is 0. The Hall–Kier alpha value is -1.73. The third kappa shape index (κ3) is 4.71. The number of piperazine rings is 1. The number of benzene rings is 2. The Morgan fingerprint density at radius 1 is 0.923 bits per heavy atom. The predicted molar refractivity (Wildman–Crippen MR) is 104 cm³/mol. The van der Waals surface area contributed by atoms with E-state index in [1.54, 1.807) is 13.1 Å². The summed E-state index contributed by atoms with van der Waals surface area (Å²) in [4.78, 5) is 5.05. The van der Waals surface area contributed by atoms with Crippen LogP contribution < -0.4 is 0 Å². The monoisotopic (exact) mass is 373 g/mol. The van der Waals surface area contributed by atoms with Crippen LogP contribution in [0.15, 0.2) is 59.5 Å². The molecule has 2 aromatic carbocycles. The van der Waals surface area contributed by atoms with Crippen molar-refractivity contribution in [1.29, 1.82) is 0 Å². The van der Waals surface area contributed by atoms with Crippen LogP contribution in [0.3, 0.4) is 0 Å². The molecule has 1 aliphatic heterocycles. The van der Waals surface area contributed by atoms with Gasteiger partial charge in [-0.1, -0.05) is 42.5 Å². The van der Waals surface area contributed by atoms with Gasteiger partial charge in [-0.2, -0.15) is 4.31 Å². The van der Waals surface area contributed by atoms with Crippen LogP contribution in [0.25, 0.3) is 0 Å². The van der Waals surface area contributed by atoms with Crippen LogP contribution in [0.5, 0.6) is 0 Å². The zero-order chi connectivity index (χ0) is 18.6. The molecule has 2 aromatic rings. The molecule has 1 saturated heterocycles. The molecule has 6 heteroatoms. The Morgan fingerprint density at radius 2 is 1.58 bits per heavy atom. The average molecular weight is 374 g/mol. The number of rotatable bonds is 6. The maximum absolute atomic E-state index is 12.9. The summed E-state index contributed by atoms with van der Waals surface area (Å²) in [5, 5.41) is 0. The molecule has 0 spiro atoms. The van der Waals surface area contributed by atoms with Crippen LogP contribution in [0.2, 0.25) is 0 Å². The van der Waals surface area contributed by atoms with Gasteiger partial charge in [-0.3, -0.25) is 4.90 Å². The molecule has 1 fully saturated rings. The average Bonchev–Trinajstić information content (AvgIpc) is 2.65. The fourth-order valence-corrected chi connectivity index (χ4v) is 4.40. The van der Waals surface area contributed by atoms with E-state index in [0.29, 0.717) is 11.4 Å². The van der Waals surface area contributed by atoms with Gasteiger partial charge in [-0.25, -0.2) is 8.42 Å². The number of likely N-dealkylation sites (N-methyl/N-ethyl adjacent to an activating group) is 1. The van der Waals surface area contributed by atoms with Gasteiger partial charge < -0.3 is 4.90 Å². The third-order valence-corrected chi connectivity index (χ3v) is 6.66. The highest BCUT2D eigenvalue weighted by atomic mass is 32.2. The van der Waals surface area contributed by atoms with Gasteiger partial charge in [0.05, 0.1) is 4.90 Å². The minimum atomic E-state index is -3.50. The lowest BCUT2D eigenvalue weighted by Gasteiger charge is -2.32. The van der Waals surface area contributed by atoms with Crippen molar-refractivity contribution < 1.29 is 8.42 Å². The Kier molecular flexibility index (Phi) is 6.09. The van der Waals surface area contributed by atoms with Crippen LogP contribution in [0.4, 0.5) is 0 Å². The van der Waals surface area contributed by atoms with E-state index >= 15 is 0 Å². The smallest absolute Gasteiger partial charge is 0.243 e. The fraction of sp³-hybridized carbons (Fsp3) is 0.400. The van der Waals surface area contributed by atoms with Gasteiger partial charge in [0, 0.05) is 46.3 Å². The van der Waals surface area contributed by atoms with Crippen molar-refractivity contribution in [1.82, 2.24) is 14.1 Å². The molecule has 0 aliphatic carbocycles. The molecule has 26 heavy (non-hydrogen) atoms. The number of hydrogen-bond acceptors (Lipinski definition) is 4. The molecule has 0 radical (unpaired) electrons. The minimum absolute atomic E-state index is 0.363. The Balaban J connectivity index is 1.71. The first-order valence-electron chi connectivity index (χ1n) is 8.95. The van der Waals surface area contributed by atoms with E-state index in [1.165, 1.54) is 4.31 Å². The van der Waals surface area contributed by atoms with E-state index in [0.717, 1.165) is 43.9 Å². The van der Waals surface area contributed by atoms with Crippen molar-refractivity contribution in [3.63, 3.8) is 0 Å². The molecular weight excluding hydrogens is 346 g/mol. The second-order valence-corrected chi connectivity index (χ2v) is 9.02. The van der Waals surface area contributed by atoms with Crippen molar-refractivity contribution in [3.8, 4) is 0 Å². The lowest BCUT2D eigenvalue weighted by atomic mass is 10.2. The second kappa shape index (κ2) is 8.31. The molecule has 0 N–H and O–H groups in total. The highest BCUT2D eigenvalue weighted by molar-refractivity contribution is 7.89. The van der Waals surface area contributed by atoms with E-state index in [9.17, 15) is 8.42 Å². The van der Waals surface area contributed by atoms with Gasteiger partial charge in [0.25, 0.3) is 0 Å². The van der Waals surface area contributed by atoms with E-state index < -0.39 is 10.0 Å². The van der Waals surface area contributed by atoms with E-state index in [1.807, 2.05) is 48.5 Å². The van der Waals surface area contributed by atoms with Crippen LogP contribution in [0, 0.1) is 0 Å². The summed E-state index contributed by atoms with van der Waals surface area (Å²) in [6.07, 6.45) is 0. The first-order valence-corrected chi connectivity index (χ1v) is 10.4. The maximum atomic E-state index is 12.9. The fourth-order valence-electron chi connectivity index (χ4n) is 3.17. The normalized spacial score (nSPS) is 16.9. The van der Waals surface area contributed by atoms with Crippen molar-refractivity contribution in [2.75, 3.05) is 40.3 Å². The lowest BCUT2D eigenvalue weighted by Crippen LogP contribution is -2.43. The topological polar surface area (TPSA) is 43.9 Å². The standard InChI is InChI=1S/C20H27N3O2S/c1-21-11-13-23(14-12-21)17-19-9-6-10-20(15-19)26(24,25)22(2)16-18-7-4-3-5-8-18/h3-10,15H,11-14,16-17H2,1-2H3. The van der Waals surface area contributed by atoms with Gasteiger partial charge in [0.15, 0.2) is 0 Å². The predicted octanol–water partition coefficient (Wildman–Crippen LogP) is 2.25. The zero-order valence-electron chi connectivity index (χ0n) is 15.5. The Morgan fingerprint density at radius 3 is 2.27 bits per heavy atom. The van der Waals surface area contributed by atoms with Gasteiger partial charge >= 0.3 is 0 Å². The third-order valence-electron chi connectivity index (χ3n) is 4.86. The second-order valence-electron chi connectivity index (χ2n) is 6.97. The Labute approximate surface area is 156 Å². The van der Waals surface area contributed by atoms with E-state index in [2.05, 4.69) is 16.8 Å². The maximum Gasteiger partial charge on any atom is 0.243 e. The molecule has 1 heterocycles. The number of sulfonamides is 1. The zero-order valence-corrected chi connectivity index (χ0v) is 16.3. The summed E-state index contributed by atoms with van der Waals surface area (Å²) in [6.45, 7) is 5.30. The van der Waals surface area contributed by atoms with Crippen molar-refractivity contribution in [2.24, 2.45) is 0 Å². The SMILES string of the molecule is CN1CCN(Cc2cccc(S(=O)(=O)N(C)Cc3ccccc3)c2)CC1. The highest BCUT2D eigenvalue weighted by Crippen LogP contribution is 2.19. The highest BCUT2D eigenvalue weighted by Gasteiger charge is 2.22. The van der Waals surface area contributed by atoms with Gasteiger partial charge in [-0.05, 0) is 30.3 Å². The van der Waals surface area contributed by atoms with Crippen LogP contribution >= 0.6 is 0 Å². The largest absolute Gasteiger partial charge is 0.304 e. The number of nitrogens with zero attached hydrogens (tertiary/aromatic N) is 3. The molecule has 0 atom stereocenters.